The van der Waals surface area contributed by atoms with Crippen molar-refractivity contribution in [2.45, 2.75) is 31.7 Å². The maximum Gasteiger partial charge on any atom is 0.307 e. The minimum absolute atomic E-state index is 0.255. The Morgan fingerprint density at radius 2 is 1.77 bits per heavy atom. The van der Waals surface area contributed by atoms with Gasteiger partial charge in [-0.2, -0.15) is 0 Å². The van der Waals surface area contributed by atoms with Crippen molar-refractivity contribution in [1.29, 1.82) is 0 Å². The van der Waals surface area contributed by atoms with Gasteiger partial charge in [-0.25, -0.2) is 0 Å². The van der Waals surface area contributed by atoms with Crippen LogP contribution in [-0.4, -0.2) is 36.4 Å². The zero-order valence-corrected chi connectivity index (χ0v) is 15.0. The molecule has 0 aliphatic carbocycles. The van der Waals surface area contributed by atoms with Crippen molar-refractivity contribution in [2.24, 2.45) is 0 Å². The second-order valence-electron chi connectivity index (χ2n) is 4.92. The molecule has 0 aromatic heterocycles. The van der Waals surface area contributed by atoms with Gasteiger partial charge in [-0.15, -0.1) is 23.2 Å². The fraction of sp³-hybridized carbons (Fsp3) is 0.562. The Kier molecular flexibility index (Phi) is 9.69. The van der Waals surface area contributed by atoms with Crippen molar-refractivity contribution in [2.75, 3.05) is 29.7 Å². The topological polar surface area (TPSA) is 29.5 Å². The SMILES string of the molecule is CC(Cl)OC(=O)CCCc1ccc(N(CCCl)CCCl)cc1. The molecular formula is C16H22Cl3NO2. The third-order valence-corrected chi connectivity index (χ3v) is 3.58. The highest BCUT2D eigenvalue weighted by Gasteiger charge is 2.07. The van der Waals surface area contributed by atoms with E-state index >= 15 is 0 Å². The summed E-state index contributed by atoms with van der Waals surface area (Å²) in [6.07, 6.45) is 1.95. The van der Waals surface area contributed by atoms with Crippen molar-refractivity contribution in [1.82, 2.24) is 0 Å². The number of carbonyl (C=O) groups excluding carboxylic acids is 1. The van der Waals surface area contributed by atoms with E-state index in [1.807, 2.05) is 0 Å². The largest absolute Gasteiger partial charge is 0.446 e. The number of carbonyl (C=O) groups is 1. The van der Waals surface area contributed by atoms with Crippen LogP contribution in [0.25, 0.3) is 0 Å². The van der Waals surface area contributed by atoms with Crippen LogP contribution in [0.5, 0.6) is 0 Å². The number of nitrogens with zero attached hydrogens (tertiary/aromatic N) is 1. The summed E-state index contributed by atoms with van der Waals surface area (Å²) in [5.74, 6) is 0.883. The molecule has 124 valence electrons. The summed E-state index contributed by atoms with van der Waals surface area (Å²) in [6.45, 7) is 3.18. The number of rotatable bonds is 10. The molecule has 1 atom stereocenters. The Hall–Kier alpha value is -0.640. The van der Waals surface area contributed by atoms with Crippen LogP contribution in [0.4, 0.5) is 5.69 Å². The Morgan fingerprint density at radius 1 is 1.18 bits per heavy atom. The first-order chi connectivity index (χ1) is 10.6. The Morgan fingerprint density at radius 3 is 2.27 bits per heavy atom. The highest BCUT2D eigenvalue weighted by Crippen LogP contribution is 2.17. The lowest BCUT2D eigenvalue weighted by molar-refractivity contribution is -0.144. The van der Waals surface area contributed by atoms with Crippen molar-refractivity contribution in [3.63, 3.8) is 0 Å². The van der Waals surface area contributed by atoms with E-state index in [9.17, 15) is 4.79 Å². The number of anilines is 1. The fourth-order valence-electron chi connectivity index (χ4n) is 2.12. The summed E-state index contributed by atoms with van der Waals surface area (Å²) in [6, 6.07) is 8.27. The minimum atomic E-state index is -0.568. The second-order valence-corrected chi connectivity index (χ2v) is 6.29. The van der Waals surface area contributed by atoms with Gasteiger partial charge in [0, 0.05) is 37.0 Å². The molecule has 0 aliphatic heterocycles. The van der Waals surface area contributed by atoms with Gasteiger partial charge in [0.05, 0.1) is 0 Å². The van der Waals surface area contributed by atoms with Gasteiger partial charge in [-0.05, 0) is 37.5 Å². The standard InChI is InChI=1S/C16H22Cl3NO2/c1-13(19)22-16(21)4-2-3-14-5-7-15(8-6-14)20(11-9-17)12-10-18/h5-8,13H,2-4,9-12H2,1H3. The summed E-state index contributed by atoms with van der Waals surface area (Å²) in [4.78, 5) is 13.5. The molecule has 0 saturated carbocycles. The monoisotopic (exact) mass is 365 g/mol. The van der Waals surface area contributed by atoms with Crippen LogP contribution >= 0.6 is 34.8 Å². The Balaban J connectivity index is 2.45. The minimum Gasteiger partial charge on any atom is -0.446 e. The van der Waals surface area contributed by atoms with Crippen LogP contribution in [-0.2, 0) is 16.0 Å². The van der Waals surface area contributed by atoms with Crippen LogP contribution < -0.4 is 4.90 Å². The third-order valence-electron chi connectivity index (χ3n) is 3.15. The molecule has 0 bridgehead atoms. The number of esters is 1. The Labute approximate surface area is 147 Å². The molecule has 1 unspecified atom stereocenters. The summed E-state index contributed by atoms with van der Waals surface area (Å²) >= 11 is 17.2. The van der Waals surface area contributed by atoms with Gasteiger partial charge < -0.3 is 9.64 Å². The van der Waals surface area contributed by atoms with Crippen molar-refractivity contribution >= 4 is 46.5 Å². The summed E-state index contributed by atoms with van der Waals surface area (Å²) in [5, 5.41) is 0. The van der Waals surface area contributed by atoms with Crippen molar-refractivity contribution < 1.29 is 9.53 Å². The van der Waals surface area contributed by atoms with Gasteiger partial charge in [0.2, 0.25) is 0 Å². The number of hydrogen-bond acceptors (Lipinski definition) is 3. The van der Waals surface area contributed by atoms with E-state index in [1.165, 1.54) is 5.56 Å². The zero-order chi connectivity index (χ0) is 16.4. The molecule has 0 amide bonds. The summed E-state index contributed by atoms with van der Waals surface area (Å²) in [5.41, 5.74) is 1.73. The number of aryl methyl sites for hydroxylation is 1. The van der Waals surface area contributed by atoms with Crippen LogP contribution in [0.15, 0.2) is 24.3 Å². The molecule has 0 radical (unpaired) electrons. The average molecular weight is 367 g/mol. The van der Waals surface area contributed by atoms with Gasteiger partial charge in [0.1, 0.15) is 0 Å². The number of benzene rings is 1. The lowest BCUT2D eigenvalue weighted by Gasteiger charge is -2.23. The van der Waals surface area contributed by atoms with E-state index in [1.54, 1.807) is 6.92 Å². The molecule has 1 rings (SSSR count). The van der Waals surface area contributed by atoms with Crippen molar-refractivity contribution in [3.8, 4) is 0 Å². The predicted molar refractivity (Wildman–Crippen MR) is 94.4 cm³/mol. The average Bonchev–Trinajstić information content (AvgIpc) is 2.47. The lowest BCUT2D eigenvalue weighted by atomic mass is 10.1. The first-order valence-corrected chi connectivity index (χ1v) is 8.86. The van der Waals surface area contributed by atoms with E-state index < -0.39 is 5.56 Å². The Bertz CT molecular complexity index is 432. The number of ether oxygens (including phenoxy) is 1. The predicted octanol–water partition coefficient (Wildman–Crippen LogP) is 4.42. The third kappa shape index (κ3) is 7.57. The lowest BCUT2D eigenvalue weighted by Crippen LogP contribution is -2.27. The van der Waals surface area contributed by atoms with Gasteiger partial charge in [0.15, 0.2) is 5.56 Å². The number of hydrogen-bond donors (Lipinski definition) is 0. The highest BCUT2D eigenvalue weighted by atomic mass is 35.5. The molecule has 1 aromatic carbocycles. The molecule has 0 heterocycles. The quantitative estimate of drug-likeness (QED) is 0.453. The van der Waals surface area contributed by atoms with Crippen LogP contribution in [0.1, 0.15) is 25.3 Å². The molecule has 0 N–H and O–H groups in total. The zero-order valence-electron chi connectivity index (χ0n) is 12.7. The van der Waals surface area contributed by atoms with Gasteiger partial charge >= 0.3 is 5.97 Å². The van der Waals surface area contributed by atoms with E-state index in [0.29, 0.717) is 18.2 Å². The molecule has 0 fully saturated rings. The normalized spacial score (nSPS) is 12.0. The van der Waals surface area contributed by atoms with Crippen LogP contribution in [0, 0.1) is 0 Å². The first-order valence-electron chi connectivity index (χ1n) is 7.36. The van der Waals surface area contributed by atoms with E-state index in [0.717, 1.165) is 31.6 Å². The van der Waals surface area contributed by atoms with Gasteiger partial charge in [-0.1, -0.05) is 23.7 Å². The van der Waals surface area contributed by atoms with Crippen LogP contribution in [0.2, 0.25) is 0 Å². The molecule has 22 heavy (non-hydrogen) atoms. The van der Waals surface area contributed by atoms with Gasteiger partial charge in [0.25, 0.3) is 0 Å². The maximum atomic E-state index is 11.4. The molecule has 6 heteroatoms. The molecule has 1 aromatic rings. The summed E-state index contributed by atoms with van der Waals surface area (Å²) in [7, 11) is 0. The highest BCUT2D eigenvalue weighted by molar-refractivity contribution is 6.20. The van der Waals surface area contributed by atoms with E-state index in [-0.39, 0.29) is 5.97 Å². The van der Waals surface area contributed by atoms with Crippen molar-refractivity contribution in [3.05, 3.63) is 29.8 Å². The molecular weight excluding hydrogens is 345 g/mol. The number of alkyl halides is 3. The first kappa shape index (κ1) is 19.4. The fourth-order valence-corrected chi connectivity index (χ4v) is 2.63. The molecule has 0 spiro atoms. The summed E-state index contributed by atoms with van der Waals surface area (Å²) < 4.78 is 4.89. The molecule has 0 saturated heterocycles. The van der Waals surface area contributed by atoms with E-state index in [4.69, 9.17) is 39.5 Å². The second kappa shape index (κ2) is 11.0. The van der Waals surface area contributed by atoms with E-state index in [2.05, 4.69) is 29.2 Å². The molecule has 3 nitrogen and oxygen atoms in total. The number of halogens is 3. The molecule has 0 aliphatic rings. The smallest absolute Gasteiger partial charge is 0.307 e. The van der Waals surface area contributed by atoms with Gasteiger partial charge in [-0.3, -0.25) is 4.79 Å². The maximum absolute atomic E-state index is 11.4. The van der Waals surface area contributed by atoms with Crippen LogP contribution in [0.3, 0.4) is 0 Å².